The lowest BCUT2D eigenvalue weighted by Gasteiger charge is -2.37. The lowest BCUT2D eigenvalue weighted by molar-refractivity contribution is 0.127. The number of alkyl halides is 2. The summed E-state index contributed by atoms with van der Waals surface area (Å²) in [6.45, 7) is 4.93. The number of halogens is 2. The molecule has 1 aliphatic rings. The van der Waals surface area contributed by atoms with Crippen LogP contribution < -0.4 is 5.32 Å². The van der Waals surface area contributed by atoms with Gasteiger partial charge in [-0.2, -0.15) is 0 Å². The Bertz CT molecular complexity index is 157. The van der Waals surface area contributed by atoms with E-state index in [0.717, 1.165) is 19.6 Å². The second kappa shape index (κ2) is 5.37. The highest BCUT2D eigenvalue weighted by Crippen LogP contribution is 2.17. The Morgan fingerprint density at radius 2 is 2.31 bits per heavy atom. The number of piperazine rings is 1. The average Bonchev–Trinajstić information content (AvgIpc) is 2.03. The maximum atomic E-state index is 8.98. The Morgan fingerprint density at radius 1 is 1.62 bits per heavy atom. The Hall–Kier alpha value is 0.460. The quantitative estimate of drug-likeness (QED) is 0.552. The SMILES string of the molecule is CC1CNCCN1C(Cl)CC(O)Cl. The van der Waals surface area contributed by atoms with Gasteiger partial charge in [0.2, 0.25) is 0 Å². The summed E-state index contributed by atoms with van der Waals surface area (Å²) in [4.78, 5) is 2.16. The zero-order valence-electron chi connectivity index (χ0n) is 7.71. The second-order valence-corrected chi connectivity index (χ2v) is 4.40. The topological polar surface area (TPSA) is 35.5 Å². The predicted octanol–water partition coefficient (Wildman–Crippen LogP) is 0.792. The molecule has 78 valence electrons. The minimum absolute atomic E-state index is 0.162. The number of aliphatic hydroxyl groups is 1. The molecule has 0 aromatic heterocycles. The van der Waals surface area contributed by atoms with Crippen LogP contribution in [0.2, 0.25) is 0 Å². The van der Waals surface area contributed by atoms with E-state index in [2.05, 4.69) is 17.1 Å². The van der Waals surface area contributed by atoms with E-state index >= 15 is 0 Å². The molecule has 3 nitrogen and oxygen atoms in total. The maximum Gasteiger partial charge on any atom is 0.130 e. The molecule has 0 saturated carbocycles. The van der Waals surface area contributed by atoms with E-state index in [0.29, 0.717) is 12.5 Å². The highest BCUT2D eigenvalue weighted by atomic mass is 35.5. The van der Waals surface area contributed by atoms with Gasteiger partial charge in [-0.3, -0.25) is 4.90 Å². The van der Waals surface area contributed by atoms with Crippen LogP contribution in [0, 0.1) is 0 Å². The maximum absolute atomic E-state index is 8.98. The molecule has 1 saturated heterocycles. The van der Waals surface area contributed by atoms with Crippen molar-refractivity contribution in [3.63, 3.8) is 0 Å². The molecular weight excluding hydrogens is 211 g/mol. The van der Waals surface area contributed by atoms with Crippen LogP contribution in [0.3, 0.4) is 0 Å². The molecule has 1 aliphatic heterocycles. The summed E-state index contributed by atoms with van der Waals surface area (Å²) in [6, 6.07) is 0.409. The summed E-state index contributed by atoms with van der Waals surface area (Å²) < 4.78 is 0. The second-order valence-electron chi connectivity index (χ2n) is 3.40. The normalized spacial score (nSPS) is 30.0. The van der Waals surface area contributed by atoms with Gasteiger partial charge < -0.3 is 10.4 Å². The predicted molar refractivity (Wildman–Crippen MR) is 55.2 cm³/mol. The van der Waals surface area contributed by atoms with E-state index < -0.39 is 5.56 Å². The highest BCUT2D eigenvalue weighted by Gasteiger charge is 2.25. The van der Waals surface area contributed by atoms with Gasteiger partial charge in [-0.1, -0.05) is 11.6 Å². The first-order valence-electron chi connectivity index (χ1n) is 4.54. The third-order valence-corrected chi connectivity index (χ3v) is 2.91. The molecule has 0 radical (unpaired) electrons. The molecule has 13 heavy (non-hydrogen) atoms. The molecule has 0 amide bonds. The van der Waals surface area contributed by atoms with Crippen molar-refractivity contribution in [1.29, 1.82) is 0 Å². The van der Waals surface area contributed by atoms with Gasteiger partial charge in [0.15, 0.2) is 0 Å². The van der Waals surface area contributed by atoms with Crippen LogP contribution in [0.4, 0.5) is 0 Å². The number of nitrogens with zero attached hydrogens (tertiary/aromatic N) is 1. The summed E-state index contributed by atoms with van der Waals surface area (Å²) in [5.41, 5.74) is -1.01. The molecule has 0 bridgehead atoms. The van der Waals surface area contributed by atoms with Crippen molar-refractivity contribution in [3.8, 4) is 0 Å². The van der Waals surface area contributed by atoms with Gasteiger partial charge in [0.25, 0.3) is 0 Å². The van der Waals surface area contributed by atoms with Crippen molar-refractivity contribution in [3.05, 3.63) is 0 Å². The Morgan fingerprint density at radius 3 is 2.85 bits per heavy atom. The van der Waals surface area contributed by atoms with Crippen molar-refractivity contribution in [1.82, 2.24) is 10.2 Å². The fraction of sp³-hybridized carbons (Fsp3) is 1.00. The molecule has 3 unspecified atom stereocenters. The fourth-order valence-electron chi connectivity index (χ4n) is 1.57. The van der Waals surface area contributed by atoms with E-state index in [9.17, 15) is 0 Å². The van der Waals surface area contributed by atoms with E-state index in [1.807, 2.05) is 0 Å². The van der Waals surface area contributed by atoms with Crippen molar-refractivity contribution < 1.29 is 5.11 Å². The number of aliphatic hydroxyl groups excluding tert-OH is 1. The standard InChI is InChI=1S/C8H16Cl2N2O/c1-6-5-11-2-3-12(6)7(9)4-8(10)13/h6-8,11,13H,2-5H2,1H3. The molecule has 3 atom stereocenters. The summed E-state index contributed by atoms with van der Waals surface area (Å²) in [7, 11) is 0. The highest BCUT2D eigenvalue weighted by molar-refractivity contribution is 6.22. The van der Waals surface area contributed by atoms with Crippen molar-refractivity contribution in [2.24, 2.45) is 0 Å². The van der Waals surface area contributed by atoms with Gasteiger partial charge >= 0.3 is 0 Å². The molecule has 0 aromatic rings. The lowest BCUT2D eigenvalue weighted by atomic mass is 10.2. The van der Waals surface area contributed by atoms with Crippen LogP contribution >= 0.6 is 23.2 Å². The van der Waals surface area contributed by atoms with Gasteiger partial charge in [-0.05, 0) is 6.92 Å². The molecule has 1 heterocycles. The largest absolute Gasteiger partial charge is 0.378 e. The molecule has 0 aromatic carbocycles. The Kier molecular flexibility index (Phi) is 4.76. The number of rotatable bonds is 3. The number of hydrogen-bond acceptors (Lipinski definition) is 3. The van der Waals surface area contributed by atoms with Crippen LogP contribution in [0.15, 0.2) is 0 Å². The van der Waals surface area contributed by atoms with E-state index in [1.54, 1.807) is 0 Å². The molecule has 5 heteroatoms. The first-order valence-corrected chi connectivity index (χ1v) is 5.41. The van der Waals surface area contributed by atoms with Gasteiger partial charge in [0, 0.05) is 32.1 Å². The van der Waals surface area contributed by atoms with E-state index in [1.165, 1.54) is 0 Å². The van der Waals surface area contributed by atoms with Crippen LogP contribution in [0.25, 0.3) is 0 Å². The van der Waals surface area contributed by atoms with E-state index in [-0.39, 0.29) is 5.50 Å². The van der Waals surface area contributed by atoms with Crippen LogP contribution in [0.5, 0.6) is 0 Å². The third-order valence-electron chi connectivity index (χ3n) is 2.30. The molecule has 0 aliphatic carbocycles. The first kappa shape index (κ1) is 11.5. The van der Waals surface area contributed by atoms with Crippen molar-refractivity contribution >= 4 is 23.2 Å². The van der Waals surface area contributed by atoms with Crippen LogP contribution in [-0.4, -0.2) is 46.7 Å². The van der Waals surface area contributed by atoms with Gasteiger partial charge in [-0.15, -0.1) is 11.6 Å². The summed E-state index contributed by atoms with van der Waals surface area (Å²) in [5, 5.41) is 12.3. The third kappa shape index (κ3) is 3.60. The molecule has 1 rings (SSSR count). The zero-order valence-corrected chi connectivity index (χ0v) is 9.22. The smallest absolute Gasteiger partial charge is 0.130 e. The van der Waals surface area contributed by atoms with Crippen LogP contribution in [-0.2, 0) is 0 Å². The fourth-order valence-corrected chi connectivity index (χ4v) is 2.29. The molecule has 1 fully saturated rings. The monoisotopic (exact) mass is 226 g/mol. The van der Waals surface area contributed by atoms with Gasteiger partial charge in [-0.25, -0.2) is 0 Å². The van der Waals surface area contributed by atoms with Gasteiger partial charge in [0.1, 0.15) is 5.56 Å². The minimum atomic E-state index is -0.843. The van der Waals surface area contributed by atoms with E-state index in [4.69, 9.17) is 28.3 Å². The average molecular weight is 227 g/mol. The number of nitrogens with one attached hydrogen (secondary N) is 1. The molecule has 2 N–H and O–H groups in total. The van der Waals surface area contributed by atoms with Crippen molar-refractivity contribution in [2.75, 3.05) is 19.6 Å². The Labute approximate surface area is 89.0 Å². The molecule has 0 spiro atoms. The van der Waals surface area contributed by atoms with Crippen LogP contribution in [0.1, 0.15) is 13.3 Å². The van der Waals surface area contributed by atoms with Crippen molar-refractivity contribution in [2.45, 2.75) is 30.5 Å². The molecular formula is C8H16Cl2N2O. The zero-order chi connectivity index (χ0) is 9.84. The Balaban J connectivity index is 2.39. The first-order chi connectivity index (χ1) is 6.11. The summed E-state index contributed by atoms with van der Waals surface area (Å²) in [6.07, 6.45) is 0.410. The number of hydrogen-bond donors (Lipinski definition) is 2. The van der Waals surface area contributed by atoms with Gasteiger partial charge in [0.05, 0.1) is 5.50 Å². The summed E-state index contributed by atoms with van der Waals surface area (Å²) >= 11 is 11.6. The lowest BCUT2D eigenvalue weighted by Crippen LogP contribution is -2.52. The summed E-state index contributed by atoms with van der Waals surface area (Å²) in [5.74, 6) is 0. The minimum Gasteiger partial charge on any atom is -0.378 e.